The van der Waals surface area contributed by atoms with E-state index in [1.54, 1.807) is 25.1 Å². The van der Waals surface area contributed by atoms with E-state index in [0.29, 0.717) is 27.9 Å². The second-order valence-electron chi connectivity index (χ2n) is 7.68. The molecule has 0 spiro atoms. The highest BCUT2D eigenvalue weighted by molar-refractivity contribution is 6.36. The van der Waals surface area contributed by atoms with E-state index < -0.39 is 6.04 Å². The van der Waals surface area contributed by atoms with Crippen molar-refractivity contribution in [3.05, 3.63) is 62.6 Å². The van der Waals surface area contributed by atoms with Gasteiger partial charge >= 0.3 is 0 Å². The van der Waals surface area contributed by atoms with Gasteiger partial charge in [-0.05, 0) is 69.0 Å². The Bertz CT molecular complexity index is 926. The van der Waals surface area contributed by atoms with Crippen LogP contribution in [0.5, 0.6) is 5.75 Å². The zero-order chi connectivity index (χ0) is 23.1. The average molecular weight is 465 g/mol. The Morgan fingerprint density at radius 2 is 1.77 bits per heavy atom. The number of rotatable bonds is 9. The normalized spacial score (nSPS) is 11.7. The molecular formula is C24H30Cl2N2O3. The predicted octanol–water partition coefficient (Wildman–Crippen LogP) is 5.24. The molecule has 0 radical (unpaired) electrons. The van der Waals surface area contributed by atoms with Crippen LogP contribution in [0.15, 0.2) is 30.3 Å². The maximum Gasteiger partial charge on any atom is 0.261 e. The van der Waals surface area contributed by atoms with Gasteiger partial charge in [0.1, 0.15) is 11.8 Å². The van der Waals surface area contributed by atoms with E-state index in [4.69, 9.17) is 27.9 Å². The van der Waals surface area contributed by atoms with Crippen LogP contribution < -0.4 is 10.1 Å². The zero-order valence-corrected chi connectivity index (χ0v) is 20.2. The van der Waals surface area contributed by atoms with Gasteiger partial charge in [0.25, 0.3) is 5.91 Å². The second-order valence-corrected chi connectivity index (χ2v) is 8.50. The molecule has 0 fully saturated rings. The molecule has 0 bridgehead atoms. The molecule has 7 heteroatoms. The Balaban J connectivity index is 2.26. The van der Waals surface area contributed by atoms with Crippen molar-refractivity contribution in [1.82, 2.24) is 10.2 Å². The molecule has 0 saturated heterocycles. The van der Waals surface area contributed by atoms with Crippen molar-refractivity contribution in [2.24, 2.45) is 0 Å². The lowest BCUT2D eigenvalue weighted by molar-refractivity contribution is -0.142. The topological polar surface area (TPSA) is 58.6 Å². The van der Waals surface area contributed by atoms with Crippen LogP contribution in [0.25, 0.3) is 0 Å². The Labute approximate surface area is 194 Å². The minimum absolute atomic E-state index is 0.104. The van der Waals surface area contributed by atoms with Gasteiger partial charge in [-0.1, -0.05) is 42.3 Å². The highest BCUT2D eigenvalue weighted by Gasteiger charge is 2.27. The van der Waals surface area contributed by atoms with Crippen molar-refractivity contribution in [3.63, 3.8) is 0 Å². The summed E-state index contributed by atoms with van der Waals surface area (Å²) in [7, 11) is 0. The Kier molecular flexibility index (Phi) is 9.20. The number of amides is 2. The van der Waals surface area contributed by atoms with E-state index >= 15 is 0 Å². The van der Waals surface area contributed by atoms with Crippen molar-refractivity contribution in [3.8, 4) is 5.75 Å². The van der Waals surface area contributed by atoms with E-state index in [2.05, 4.69) is 11.4 Å². The van der Waals surface area contributed by atoms with Gasteiger partial charge in [-0.15, -0.1) is 0 Å². The quantitative estimate of drug-likeness (QED) is 0.551. The largest absolute Gasteiger partial charge is 0.483 e. The first-order chi connectivity index (χ1) is 14.6. The van der Waals surface area contributed by atoms with Crippen LogP contribution in [0.1, 0.15) is 42.5 Å². The molecule has 0 unspecified atom stereocenters. The molecule has 0 saturated carbocycles. The first-order valence-corrected chi connectivity index (χ1v) is 11.1. The number of halogens is 2. The number of carbonyl (C=O) groups is 2. The van der Waals surface area contributed by atoms with Gasteiger partial charge in [-0.2, -0.15) is 0 Å². The highest BCUT2D eigenvalue weighted by atomic mass is 35.5. The standard InChI is InChI=1S/C24H30Cl2N2O3/c1-6-10-27-24(30)18(5)28(13-19-20(25)8-7-9-21(19)26)23(29)14-31-22-12-15(2)11-16(3)17(22)4/h7-9,11-12,18H,6,10,13-14H2,1-5H3,(H,27,30)/t18-/m0/s1. The molecule has 5 nitrogen and oxygen atoms in total. The second kappa shape index (κ2) is 11.4. The van der Waals surface area contributed by atoms with E-state index in [9.17, 15) is 9.59 Å². The third kappa shape index (κ3) is 6.62. The SMILES string of the molecule is CCCNC(=O)[C@H](C)N(Cc1c(Cl)cccc1Cl)C(=O)COc1cc(C)cc(C)c1C. The molecule has 0 aliphatic heterocycles. The number of hydrogen-bond acceptors (Lipinski definition) is 3. The Morgan fingerprint density at radius 3 is 2.39 bits per heavy atom. The third-order valence-corrected chi connectivity index (χ3v) is 5.93. The average Bonchev–Trinajstić information content (AvgIpc) is 2.72. The van der Waals surface area contributed by atoms with Gasteiger partial charge < -0.3 is 15.0 Å². The summed E-state index contributed by atoms with van der Waals surface area (Å²) < 4.78 is 5.86. The zero-order valence-electron chi connectivity index (χ0n) is 18.7. The van der Waals surface area contributed by atoms with Gasteiger partial charge in [0.05, 0.1) is 0 Å². The molecule has 1 atom stereocenters. The van der Waals surface area contributed by atoms with E-state index in [0.717, 1.165) is 23.1 Å². The fourth-order valence-corrected chi connectivity index (χ4v) is 3.72. The van der Waals surface area contributed by atoms with Crippen LogP contribution in [0, 0.1) is 20.8 Å². The molecular weight excluding hydrogens is 435 g/mol. The molecule has 0 heterocycles. The minimum atomic E-state index is -0.713. The summed E-state index contributed by atoms with van der Waals surface area (Å²) in [5.74, 6) is 0.0966. The van der Waals surface area contributed by atoms with Crippen molar-refractivity contribution in [2.75, 3.05) is 13.2 Å². The van der Waals surface area contributed by atoms with Crippen LogP contribution in [0.3, 0.4) is 0 Å². The number of carbonyl (C=O) groups excluding carboxylic acids is 2. The predicted molar refractivity (Wildman–Crippen MR) is 126 cm³/mol. The molecule has 2 rings (SSSR count). The smallest absolute Gasteiger partial charge is 0.261 e. The summed E-state index contributed by atoms with van der Waals surface area (Å²) in [4.78, 5) is 27.2. The van der Waals surface area contributed by atoms with Crippen LogP contribution >= 0.6 is 23.2 Å². The van der Waals surface area contributed by atoms with Crippen molar-refractivity contribution in [1.29, 1.82) is 0 Å². The fraction of sp³-hybridized carbons (Fsp3) is 0.417. The van der Waals surface area contributed by atoms with Crippen LogP contribution in [-0.4, -0.2) is 35.9 Å². The van der Waals surface area contributed by atoms with E-state index in [1.807, 2.05) is 33.8 Å². The van der Waals surface area contributed by atoms with Crippen molar-refractivity contribution >= 4 is 35.0 Å². The summed E-state index contributed by atoms with van der Waals surface area (Å²) in [5, 5.41) is 3.73. The molecule has 31 heavy (non-hydrogen) atoms. The molecule has 1 N–H and O–H groups in total. The summed E-state index contributed by atoms with van der Waals surface area (Å²) in [6.45, 7) is 10.0. The van der Waals surface area contributed by atoms with Crippen LogP contribution in [0.2, 0.25) is 10.0 Å². The number of nitrogens with one attached hydrogen (secondary N) is 1. The monoisotopic (exact) mass is 464 g/mol. The fourth-order valence-electron chi connectivity index (χ4n) is 3.21. The highest BCUT2D eigenvalue weighted by Crippen LogP contribution is 2.27. The molecule has 2 aromatic rings. The van der Waals surface area contributed by atoms with Gasteiger partial charge in [0.15, 0.2) is 6.61 Å². The maximum atomic E-state index is 13.2. The maximum absolute atomic E-state index is 13.2. The Morgan fingerprint density at radius 1 is 1.13 bits per heavy atom. The van der Waals surface area contributed by atoms with Gasteiger partial charge in [-0.3, -0.25) is 9.59 Å². The van der Waals surface area contributed by atoms with Crippen LogP contribution in [-0.2, 0) is 16.1 Å². The lowest BCUT2D eigenvalue weighted by Crippen LogP contribution is -2.49. The molecule has 0 aromatic heterocycles. The van der Waals surface area contributed by atoms with Crippen molar-refractivity contribution < 1.29 is 14.3 Å². The molecule has 2 aromatic carbocycles. The molecule has 0 aliphatic rings. The molecule has 0 aliphatic carbocycles. The Hall–Kier alpha value is -2.24. The summed E-state index contributed by atoms with van der Waals surface area (Å²) in [6, 6.07) is 8.42. The van der Waals surface area contributed by atoms with Gasteiger partial charge in [0, 0.05) is 28.7 Å². The number of nitrogens with zero attached hydrogens (tertiary/aromatic N) is 1. The number of ether oxygens (including phenoxy) is 1. The molecule has 168 valence electrons. The minimum Gasteiger partial charge on any atom is -0.483 e. The van der Waals surface area contributed by atoms with Gasteiger partial charge in [-0.25, -0.2) is 0 Å². The summed E-state index contributed by atoms with van der Waals surface area (Å²) in [6.07, 6.45) is 0.803. The summed E-state index contributed by atoms with van der Waals surface area (Å²) >= 11 is 12.6. The first-order valence-electron chi connectivity index (χ1n) is 10.4. The van der Waals surface area contributed by atoms with E-state index in [-0.39, 0.29) is 25.0 Å². The van der Waals surface area contributed by atoms with Crippen molar-refractivity contribution in [2.45, 2.75) is 53.6 Å². The third-order valence-electron chi connectivity index (χ3n) is 5.22. The first kappa shape index (κ1) is 25.0. The summed E-state index contributed by atoms with van der Waals surface area (Å²) in [5.41, 5.74) is 3.72. The lowest BCUT2D eigenvalue weighted by atomic mass is 10.1. The van der Waals surface area contributed by atoms with Gasteiger partial charge in [0.2, 0.25) is 5.91 Å². The van der Waals surface area contributed by atoms with E-state index in [1.165, 1.54) is 4.90 Å². The number of aryl methyl sites for hydroxylation is 2. The molecule has 2 amide bonds. The lowest BCUT2D eigenvalue weighted by Gasteiger charge is -2.29. The van der Waals surface area contributed by atoms with Crippen LogP contribution in [0.4, 0.5) is 0 Å². The number of hydrogen-bond donors (Lipinski definition) is 1. The number of benzene rings is 2.